The molecule has 172 valence electrons. The Kier molecular flexibility index (Phi) is 6.47. The molecular formula is C26H22ClN3O4. The number of benzene rings is 2. The Morgan fingerprint density at radius 2 is 1.76 bits per heavy atom. The summed E-state index contributed by atoms with van der Waals surface area (Å²) in [6.07, 6.45) is 4.43. The quantitative estimate of drug-likeness (QED) is 0.413. The van der Waals surface area contributed by atoms with Crippen molar-refractivity contribution in [3.63, 3.8) is 0 Å². The fourth-order valence-corrected chi connectivity index (χ4v) is 3.96. The van der Waals surface area contributed by atoms with Gasteiger partial charge in [-0.05, 0) is 67.4 Å². The molecule has 0 fully saturated rings. The van der Waals surface area contributed by atoms with Crippen LogP contribution in [0.5, 0.6) is 5.75 Å². The molecule has 2 aromatic heterocycles. The third kappa shape index (κ3) is 4.56. The number of fused-ring (bicyclic) bond motifs is 1. The summed E-state index contributed by atoms with van der Waals surface area (Å²) in [5.74, 6) is -0.272. The Morgan fingerprint density at radius 1 is 1.06 bits per heavy atom. The minimum absolute atomic E-state index is 0.0118. The second kappa shape index (κ2) is 9.49. The van der Waals surface area contributed by atoms with Crippen molar-refractivity contribution in [1.29, 1.82) is 0 Å². The molecule has 0 aliphatic rings. The molecular weight excluding hydrogens is 454 g/mol. The van der Waals surface area contributed by atoms with Gasteiger partial charge in [-0.1, -0.05) is 11.6 Å². The summed E-state index contributed by atoms with van der Waals surface area (Å²) >= 11 is 6.16. The van der Waals surface area contributed by atoms with Gasteiger partial charge in [0.05, 0.1) is 23.2 Å². The van der Waals surface area contributed by atoms with Crippen LogP contribution in [0.15, 0.2) is 65.8 Å². The predicted octanol–water partition coefficient (Wildman–Crippen LogP) is 4.55. The molecule has 34 heavy (non-hydrogen) atoms. The van der Waals surface area contributed by atoms with E-state index in [-0.39, 0.29) is 23.4 Å². The largest absolute Gasteiger partial charge is 0.495 e. The zero-order valence-corrected chi connectivity index (χ0v) is 19.6. The molecule has 4 aromatic rings. The second-order valence-electron chi connectivity index (χ2n) is 7.92. The van der Waals surface area contributed by atoms with E-state index in [9.17, 15) is 14.4 Å². The van der Waals surface area contributed by atoms with Crippen LogP contribution < -0.4 is 15.5 Å². The number of nitrogens with zero attached hydrogens (tertiary/aromatic N) is 2. The van der Waals surface area contributed by atoms with Crippen molar-refractivity contribution in [3.05, 3.63) is 98.6 Å². The maximum atomic E-state index is 13.3. The number of aryl methyl sites for hydroxylation is 2. The number of aromatic nitrogens is 2. The normalized spacial score (nSPS) is 10.8. The van der Waals surface area contributed by atoms with Crippen LogP contribution in [-0.4, -0.2) is 28.4 Å². The van der Waals surface area contributed by atoms with Crippen LogP contribution >= 0.6 is 11.6 Å². The maximum absolute atomic E-state index is 13.3. The topological polar surface area (TPSA) is 90.3 Å². The molecule has 0 radical (unpaired) electrons. The fourth-order valence-electron chi connectivity index (χ4n) is 3.70. The minimum atomic E-state index is -0.427. The van der Waals surface area contributed by atoms with Crippen molar-refractivity contribution in [2.24, 2.45) is 0 Å². The van der Waals surface area contributed by atoms with Crippen molar-refractivity contribution < 1.29 is 14.3 Å². The summed E-state index contributed by atoms with van der Waals surface area (Å²) in [5.41, 5.74) is 2.92. The van der Waals surface area contributed by atoms with Gasteiger partial charge in [-0.15, -0.1) is 0 Å². The van der Waals surface area contributed by atoms with Crippen molar-refractivity contribution in [1.82, 2.24) is 9.55 Å². The van der Waals surface area contributed by atoms with Crippen LogP contribution in [0, 0.1) is 13.8 Å². The molecule has 2 aromatic carbocycles. The first-order chi connectivity index (χ1) is 16.3. The number of pyridine rings is 2. The lowest BCUT2D eigenvalue weighted by molar-refractivity contribution is -0.116. The lowest BCUT2D eigenvalue weighted by Gasteiger charge is -2.15. The molecule has 0 spiro atoms. The number of hydrogen-bond donors (Lipinski definition) is 1. The number of methoxy groups -OCH3 is 1. The van der Waals surface area contributed by atoms with Gasteiger partial charge in [0.25, 0.3) is 0 Å². The number of halogens is 1. The predicted molar refractivity (Wildman–Crippen MR) is 132 cm³/mol. The van der Waals surface area contributed by atoms with Gasteiger partial charge in [0.1, 0.15) is 12.3 Å². The van der Waals surface area contributed by atoms with Gasteiger partial charge >= 0.3 is 0 Å². The van der Waals surface area contributed by atoms with Gasteiger partial charge in [0.15, 0.2) is 5.78 Å². The maximum Gasteiger partial charge on any atom is 0.244 e. The van der Waals surface area contributed by atoms with Gasteiger partial charge < -0.3 is 14.6 Å². The summed E-state index contributed by atoms with van der Waals surface area (Å²) in [7, 11) is 1.51. The lowest BCUT2D eigenvalue weighted by Crippen LogP contribution is -2.24. The Morgan fingerprint density at radius 3 is 2.44 bits per heavy atom. The molecule has 2 heterocycles. The van der Waals surface area contributed by atoms with Gasteiger partial charge in [0, 0.05) is 35.2 Å². The van der Waals surface area contributed by atoms with Gasteiger partial charge in [-0.3, -0.25) is 19.4 Å². The number of ketones is 1. The van der Waals surface area contributed by atoms with Gasteiger partial charge in [-0.2, -0.15) is 0 Å². The van der Waals surface area contributed by atoms with Crippen molar-refractivity contribution in [3.8, 4) is 5.75 Å². The molecule has 0 aliphatic carbocycles. The molecule has 8 heteroatoms. The Balaban J connectivity index is 1.76. The van der Waals surface area contributed by atoms with E-state index in [1.807, 2.05) is 19.9 Å². The molecule has 0 atom stereocenters. The van der Waals surface area contributed by atoms with Crippen LogP contribution in [-0.2, 0) is 11.3 Å². The first kappa shape index (κ1) is 23.2. The highest BCUT2D eigenvalue weighted by Gasteiger charge is 2.19. The van der Waals surface area contributed by atoms with E-state index in [0.29, 0.717) is 32.9 Å². The van der Waals surface area contributed by atoms with E-state index in [0.717, 1.165) is 11.1 Å². The monoisotopic (exact) mass is 475 g/mol. The average Bonchev–Trinajstić information content (AvgIpc) is 2.82. The van der Waals surface area contributed by atoms with Crippen LogP contribution in [0.4, 0.5) is 5.69 Å². The Hall–Kier alpha value is -3.97. The highest BCUT2D eigenvalue weighted by atomic mass is 35.5. The lowest BCUT2D eigenvalue weighted by atomic mass is 10.0. The third-order valence-corrected chi connectivity index (χ3v) is 5.93. The number of rotatable bonds is 6. The van der Waals surface area contributed by atoms with Gasteiger partial charge in [-0.25, -0.2) is 0 Å². The first-order valence-electron chi connectivity index (χ1n) is 10.5. The van der Waals surface area contributed by atoms with E-state index >= 15 is 0 Å². The van der Waals surface area contributed by atoms with E-state index in [1.165, 1.54) is 25.7 Å². The number of carbonyl (C=O) groups excluding carboxylic acids is 2. The summed E-state index contributed by atoms with van der Waals surface area (Å²) in [5, 5.41) is 3.54. The van der Waals surface area contributed by atoms with Crippen LogP contribution in [0.3, 0.4) is 0 Å². The minimum Gasteiger partial charge on any atom is -0.495 e. The summed E-state index contributed by atoms with van der Waals surface area (Å²) in [4.78, 5) is 43.2. The fraction of sp³-hybridized carbons (Fsp3) is 0.154. The standard InChI is InChI=1S/C26H22ClN3O4/c1-15-10-19-22(11-16(15)2)30(13-20(26(19)33)25(32)17-6-8-28-9-7-17)14-24(31)29-18-4-5-23(34-3)21(27)12-18/h4-13H,14H2,1-3H3,(H,29,31). The number of hydrogen-bond acceptors (Lipinski definition) is 5. The van der Waals surface area contributed by atoms with Crippen LogP contribution in [0.1, 0.15) is 27.0 Å². The Bertz CT molecular complexity index is 1480. The molecule has 0 saturated carbocycles. The number of ether oxygens (including phenoxy) is 1. The molecule has 1 N–H and O–H groups in total. The summed E-state index contributed by atoms with van der Waals surface area (Å²) < 4.78 is 6.76. The number of amides is 1. The van der Waals surface area contributed by atoms with Crippen molar-refractivity contribution >= 4 is 39.9 Å². The number of carbonyl (C=O) groups is 2. The summed E-state index contributed by atoms with van der Waals surface area (Å²) in [6.45, 7) is 3.72. The zero-order valence-electron chi connectivity index (χ0n) is 18.9. The van der Waals surface area contributed by atoms with Crippen molar-refractivity contribution in [2.75, 3.05) is 12.4 Å². The van der Waals surface area contributed by atoms with E-state index < -0.39 is 5.78 Å². The molecule has 0 bridgehead atoms. The van der Waals surface area contributed by atoms with Gasteiger partial charge in [0.2, 0.25) is 11.3 Å². The third-order valence-electron chi connectivity index (χ3n) is 5.63. The molecule has 0 aliphatic heterocycles. The highest BCUT2D eigenvalue weighted by molar-refractivity contribution is 6.32. The van der Waals surface area contributed by atoms with E-state index in [2.05, 4.69) is 10.3 Å². The summed E-state index contributed by atoms with van der Waals surface area (Å²) in [6, 6.07) is 11.6. The molecule has 0 saturated heterocycles. The molecule has 1 amide bonds. The van der Waals surface area contributed by atoms with E-state index in [4.69, 9.17) is 16.3 Å². The zero-order chi connectivity index (χ0) is 24.4. The van der Waals surface area contributed by atoms with Crippen molar-refractivity contribution in [2.45, 2.75) is 20.4 Å². The SMILES string of the molecule is COc1ccc(NC(=O)Cn2cc(C(=O)c3ccncc3)c(=O)c3cc(C)c(C)cc32)cc1Cl. The smallest absolute Gasteiger partial charge is 0.244 e. The average molecular weight is 476 g/mol. The molecule has 0 unspecified atom stereocenters. The second-order valence-corrected chi connectivity index (χ2v) is 8.32. The first-order valence-corrected chi connectivity index (χ1v) is 10.9. The highest BCUT2D eigenvalue weighted by Crippen LogP contribution is 2.27. The van der Waals surface area contributed by atoms with Crippen LogP contribution in [0.25, 0.3) is 10.9 Å². The van der Waals surface area contributed by atoms with Crippen LogP contribution in [0.2, 0.25) is 5.02 Å². The number of nitrogens with one attached hydrogen (secondary N) is 1. The number of anilines is 1. The Labute approximate surface area is 201 Å². The molecule has 4 rings (SSSR count). The molecule has 7 nitrogen and oxygen atoms in total. The van der Waals surface area contributed by atoms with E-state index in [1.54, 1.807) is 41.0 Å².